The van der Waals surface area contributed by atoms with Gasteiger partial charge in [-0.1, -0.05) is 5.16 Å². The maximum Gasteiger partial charge on any atom is 0.159 e. The van der Waals surface area contributed by atoms with Crippen molar-refractivity contribution in [2.75, 3.05) is 18.8 Å². The van der Waals surface area contributed by atoms with Crippen molar-refractivity contribution in [3.63, 3.8) is 0 Å². The molecule has 7 nitrogen and oxygen atoms in total. The zero-order valence-corrected chi connectivity index (χ0v) is 14.1. The molecule has 3 aromatic heterocycles. The van der Waals surface area contributed by atoms with Crippen LogP contribution in [-0.2, 0) is 13.6 Å². The molecule has 0 aliphatic carbocycles. The number of nitrogens with two attached hydrogens (primary N) is 1. The molecule has 1 aliphatic rings. The Hall–Kier alpha value is -2.41. The van der Waals surface area contributed by atoms with E-state index in [9.17, 15) is 0 Å². The minimum Gasteiger partial charge on any atom is -0.382 e. The van der Waals surface area contributed by atoms with Gasteiger partial charge in [0.15, 0.2) is 11.5 Å². The number of pyridine rings is 1. The quantitative estimate of drug-likeness (QED) is 0.794. The molecule has 0 radical (unpaired) electrons. The molecule has 0 bridgehead atoms. The summed E-state index contributed by atoms with van der Waals surface area (Å²) in [5, 5.41) is 9.28. The van der Waals surface area contributed by atoms with Gasteiger partial charge in [-0.15, -0.1) is 0 Å². The standard InChI is InChI=1S/C17H22N6O/c1-11-8-13(21-24-11)10-23-7-3-4-12(9-23)15-6-5-14-16(18)20-22(2)17(14)19-15/h5-6,8,12H,3-4,7,9-10H2,1-2H3,(H2,18,20). The Balaban J connectivity index is 1.54. The minimum atomic E-state index is 0.423. The van der Waals surface area contributed by atoms with Crippen molar-refractivity contribution in [1.29, 1.82) is 0 Å². The number of aromatic nitrogens is 4. The highest BCUT2D eigenvalue weighted by Gasteiger charge is 2.24. The molecule has 0 saturated carbocycles. The summed E-state index contributed by atoms with van der Waals surface area (Å²) in [6.45, 7) is 4.82. The molecule has 126 valence electrons. The number of aryl methyl sites for hydroxylation is 2. The second kappa shape index (κ2) is 5.90. The predicted octanol–water partition coefficient (Wildman–Crippen LogP) is 2.23. The van der Waals surface area contributed by atoms with Gasteiger partial charge in [0.2, 0.25) is 0 Å². The molecular formula is C17H22N6O. The van der Waals surface area contributed by atoms with E-state index in [2.05, 4.69) is 21.2 Å². The van der Waals surface area contributed by atoms with Crippen molar-refractivity contribution >= 4 is 16.9 Å². The van der Waals surface area contributed by atoms with E-state index in [1.807, 2.05) is 26.1 Å². The van der Waals surface area contributed by atoms with E-state index in [4.69, 9.17) is 15.2 Å². The normalized spacial score (nSPS) is 19.2. The maximum atomic E-state index is 5.92. The Morgan fingerprint density at radius 1 is 1.38 bits per heavy atom. The fraction of sp³-hybridized carbons (Fsp3) is 0.471. The van der Waals surface area contributed by atoms with E-state index < -0.39 is 0 Å². The van der Waals surface area contributed by atoms with Crippen molar-refractivity contribution in [2.45, 2.75) is 32.2 Å². The number of nitrogens with zero attached hydrogens (tertiary/aromatic N) is 5. The van der Waals surface area contributed by atoms with Gasteiger partial charge in [0.05, 0.1) is 11.1 Å². The van der Waals surface area contributed by atoms with E-state index in [1.165, 1.54) is 0 Å². The zero-order chi connectivity index (χ0) is 16.7. The van der Waals surface area contributed by atoms with E-state index >= 15 is 0 Å². The molecule has 0 aromatic carbocycles. The minimum absolute atomic E-state index is 0.423. The summed E-state index contributed by atoms with van der Waals surface area (Å²) in [6.07, 6.45) is 2.31. The summed E-state index contributed by atoms with van der Waals surface area (Å²) < 4.78 is 6.93. The van der Waals surface area contributed by atoms with E-state index in [0.717, 1.165) is 60.7 Å². The molecule has 1 atom stereocenters. The first-order valence-electron chi connectivity index (χ1n) is 8.34. The first kappa shape index (κ1) is 15.1. The fourth-order valence-corrected chi connectivity index (χ4v) is 3.56. The lowest BCUT2D eigenvalue weighted by Crippen LogP contribution is -2.34. The van der Waals surface area contributed by atoms with Gasteiger partial charge in [-0.2, -0.15) is 5.10 Å². The summed E-state index contributed by atoms with van der Waals surface area (Å²) in [5.41, 5.74) is 8.89. The van der Waals surface area contributed by atoms with Gasteiger partial charge in [-0.05, 0) is 38.4 Å². The number of likely N-dealkylation sites (tertiary alicyclic amines) is 1. The topological polar surface area (TPSA) is 86.0 Å². The molecular weight excluding hydrogens is 304 g/mol. The van der Waals surface area contributed by atoms with Gasteiger partial charge in [0, 0.05) is 37.8 Å². The summed E-state index contributed by atoms with van der Waals surface area (Å²) >= 11 is 0. The molecule has 0 amide bonds. The highest BCUT2D eigenvalue weighted by atomic mass is 16.5. The van der Waals surface area contributed by atoms with Crippen LogP contribution in [0.2, 0.25) is 0 Å². The molecule has 2 N–H and O–H groups in total. The Labute approximate surface area is 140 Å². The van der Waals surface area contributed by atoms with Crippen LogP contribution in [0, 0.1) is 6.92 Å². The third-order valence-corrected chi connectivity index (χ3v) is 4.72. The zero-order valence-electron chi connectivity index (χ0n) is 14.1. The molecule has 4 heterocycles. The van der Waals surface area contributed by atoms with Crippen LogP contribution in [0.25, 0.3) is 11.0 Å². The predicted molar refractivity (Wildman–Crippen MR) is 91.4 cm³/mol. The van der Waals surface area contributed by atoms with Crippen LogP contribution >= 0.6 is 0 Å². The van der Waals surface area contributed by atoms with Gasteiger partial charge >= 0.3 is 0 Å². The number of hydrogen-bond donors (Lipinski definition) is 1. The summed E-state index contributed by atoms with van der Waals surface area (Å²) in [6, 6.07) is 6.14. The lowest BCUT2D eigenvalue weighted by Gasteiger charge is -2.31. The smallest absolute Gasteiger partial charge is 0.159 e. The Morgan fingerprint density at radius 2 is 2.25 bits per heavy atom. The number of fused-ring (bicyclic) bond motifs is 1. The van der Waals surface area contributed by atoms with E-state index in [1.54, 1.807) is 4.68 Å². The number of piperidine rings is 1. The van der Waals surface area contributed by atoms with Crippen LogP contribution in [0.4, 0.5) is 5.82 Å². The van der Waals surface area contributed by atoms with Gasteiger partial charge in [0.25, 0.3) is 0 Å². The summed E-state index contributed by atoms with van der Waals surface area (Å²) in [5.74, 6) is 1.82. The molecule has 7 heteroatoms. The SMILES string of the molecule is Cc1cc(CN2CCCC(c3ccc4c(N)nn(C)c4n3)C2)no1. The van der Waals surface area contributed by atoms with Crippen LogP contribution < -0.4 is 5.73 Å². The first-order valence-corrected chi connectivity index (χ1v) is 8.34. The highest BCUT2D eigenvalue weighted by molar-refractivity contribution is 5.86. The summed E-state index contributed by atoms with van der Waals surface area (Å²) in [7, 11) is 1.88. The van der Waals surface area contributed by atoms with Crippen LogP contribution in [0.15, 0.2) is 22.7 Å². The number of hydrogen-bond acceptors (Lipinski definition) is 6. The molecule has 3 aromatic rings. The molecule has 1 unspecified atom stereocenters. The van der Waals surface area contributed by atoms with Crippen molar-refractivity contribution < 1.29 is 4.52 Å². The maximum absolute atomic E-state index is 5.92. The Bertz CT molecular complexity index is 867. The Kier molecular flexibility index (Phi) is 3.72. The van der Waals surface area contributed by atoms with E-state index in [0.29, 0.717) is 11.7 Å². The largest absolute Gasteiger partial charge is 0.382 e. The van der Waals surface area contributed by atoms with Gasteiger partial charge in [0.1, 0.15) is 5.76 Å². The molecule has 4 rings (SSSR count). The average Bonchev–Trinajstić information content (AvgIpc) is 3.11. The van der Waals surface area contributed by atoms with Crippen molar-refractivity contribution in [2.24, 2.45) is 7.05 Å². The second-order valence-electron chi connectivity index (χ2n) is 6.62. The third-order valence-electron chi connectivity index (χ3n) is 4.72. The third kappa shape index (κ3) is 2.75. The van der Waals surface area contributed by atoms with Gasteiger partial charge in [-0.25, -0.2) is 9.67 Å². The van der Waals surface area contributed by atoms with Crippen LogP contribution in [0.1, 0.15) is 35.9 Å². The molecule has 24 heavy (non-hydrogen) atoms. The molecule has 1 aliphatic heterocycles. The second-order valence-corrected chi connectivity index (χ2v) is 6.62. The van der Waals surface area contributed by atoms with Crippen LogP contribution in [0.3, 0.4) is 0 Å². The first-order chi connectivity index (χ1) is 11.6. The lowest BCUT2D eigenvalue weighted by molar-refractivity contribution is 0.193. The monoisotopic (exact) mass is 326 g/mol. The summed E-state index contributed by atoms with van der Waals surface area (Å²) in [4.78, 5) is 7.25. The number of anilines is 1. The fourth-order valence-electron chi connectivity index (χ4n) is 3.56. The molecule has 1 fully saturated rings. The number of nitrogen functional groups attached to an aromatic ring is 1. The van der Waals surface area contributed by atoms with Crippen LogP contribution in [0.5, 0.6) is 0 Å². The highest BCUT2D eigenvalue weighted by Crippen LogP contribution is 2.28. The molecule has 0 spiro atoms. The average molecular weight is 326 g/mol. The molecule has 1 saturated heterocycles. The van der Waals surface area contributed by atoms with Crippen molar-refractivity contribution in [3.8, 4) is 0 Å². The Morgan fingerprint density at radius 3 is 3.04 bits per heavy atom. The van der Waals surface area contributed by atoms with Crippen molar-refractivity contribution in [3.05, 3.63) is 35.3 Å². The van der Waals surface area contributed by atoms with Crippen molar-refractivity contribution in [1.82, 2.24) is 24.8 Å². The number of rotatable bonds is 3. The van der Waals surface area contributed by atoms with Gasteiger partial charge < -0.3 is 10.3 Å². The lowest BCUT2D eigenvalue weighted by atomic mass is 9.94. The van der Waals surface area contributed by atoms with Gasteiger partial charge in [-0.3, -0.25) is 4.90 Å². The van der Waals surface area contributed by atoms with E-state index in [-0.39, 0.29) is 0 Å². The van der Waals surface area contributed by atoms with Crippen LogP contribution in [-0.4, -0.2) is 37.9 Å².